The van der Waals surface area contributed by atoms with Gasteiger partial charge in [-0.3, -0.25) is 4.57 Å². The molecule has 1 aliphatic rings. The van der Waals surface area contributed by atoms with Crippen LogP contribution in [0.15, 0.2) is 48.8 Å². The largest absolute Gasteiger partial charge is 0.496 e. The normalized spacial score (nSPS) is 18.3. The Morgan fingerprint density at radius 1 is 1.03 bits per heavy atom. The predicted octanol–water partition coefficient (Wildman–Crippen LogP) is 5.70. The van der Waals surface area contributed by atoms with Crippen LogP contribution in [-0.4, -0.2) is 32.8 Å². The van der Waals surface area contributed by atoms with E-state index in [2.05, 4.69) is 49.5 Å². The zero-order valence-corrected chi connectivity index (χ0v) is 18.8. The number of benzene rings is 1. The number of hydrogen-bond donors (Lipinski definition) is 0. The highest BCUT2D eigenvalue weighted by Gasteiger charge is 2.41. The number of aryl methyl sites for hydroxylation is 1. The van der Waals surface area contributed by atoms with Gasteiger partial charge in [0, 0.05) is 18.3 Å². The van der Waals surface area contributed by atoms with E-state index in [1.807, 2.05) is 43.5 Å². The summed E-state index contributed by atoms with van der Waals surface area (Å²) in [6, 6.07) is 12.1. The number of pyridine rings is 1. The van der Waals surface area contributed by atoms with E-state index >= 15 is 0 Å². The molecule has 30 heavy (non-hydrogen) atoms. The molecular weight excluding hydrogens is 374 g/mol. The molecule has 0 saturated carbocycles. The molecular formula is C25H31N3O2. The Kier molecular flexibility index (Phi) is 5.18. The third-order valence-corrected chi connectivity index (χ3v) is 5.66. The summed E-state index contributed by atoms with van der Waals surface area (Å²) < 4.78 is 14.0. The van der Waals surface area contributed by atoms with Crippen molar-refractivity contribution >= 4 is 0 Å². The van der Waals surface area contributed by atoms with Crippen LogP contribution >= 0.6 is 0 Å². The van der Waals surface area contributed by atoms with E-state index in [0.717, 1.165) is 47.1 Å². The Morgan fingerprint density at radius 2 is 1.73 bits per heavy atom. The molecule has 0 aliphatic carbocycles. The number of ether oxygens (including phenoxy) is 2. The van der Waals surface area contributed by atoms with Gasteiger partial charge in [0.05, 0.1) is 29.6 Å². The monoisotopic (exact) mass is 405 g/mol. The number of aromatic nitrogens is 3. The van der Waals surface area contributed by atoms with Gasteiger partial charge in [0.25, 0.3) is 0 Å². The number of hydrogen-bond acceptors (Lipinski definition) is 4. The van der Waals surface area contributed by atoms with E-state index in [-0.39, 0.29) is 11.2 Å². The van der Waals surface area contributed by atoms with Gasteiger partial charge in [-0.05, 0) is 71.2 Å². The highest BCUT2D eigenvalue weighted by atomic mass is 16.5. The molecule has 1 aromatic carbocycles. The van der Waals surface area contributed by atoms with Gasteiger partial charge >= 0.3 is 0 Å². The summed E-state index contributed by atoms with van der Waals surface area (Å²) in [7, 11) is 1.70. The molecule has 4 rings (SSSR count). The molecule has 1 saturated heterocycles. The van der Waals surface area contributed by atoms with Crippen LogP contribution in [0.2, 0.25) is 0 Å². The third kappa shape index (κ3) is 4.12. The van der Waals surface area contributed by atoms with Gasteiger partial charge in [0.15, 0.2) is 0 Å². The number of nitrogens with zero attached hydrogens (tertiary/aromatic N) is 3. The lowest BCUT2D eigenvalue weighted by Crippen LogP contribution is -2.44. The maximum absolute atomic E-state index is 6.30. The number of imidazole rings is 1. The van der Waals surface area contributed by atoms with Gasteiger partial charge in [-0.2, -0.15) is 0 Å². The van der Waals surface area contributed by atoms with Gasteiger partial charge in [-0.1, -0.05) is 18.2 Å². The molecule has 2 aromatic heterocycles. The molecule has 5 nitrogen and oxygen atoms in total. The Labute approximate surface area is 179 Å². The zero-order chi connectivity index (χ0) is 21.5. The molecule has 5 heteroatoms. The molecule has 0 unspecified atom stereocenters. The minimum absolute atomic E-state index is 0.192. The highest BCUT2D eigenvalue weighted by molar-refractivity contribution is 5.66. The molecule has 1 fully saturated rings. The van der Waals surface area contributed by atoms with E-state index in [1.165, 1.54) is 0 Å². The average Bonchev–Trinajstić information content (AvgIpc) is 3.11. The summed E-state index contributed by atoms with van der Waals surface area (Å²) in [6.07, 6.45) is 5.89. The Hall–Kier alpha value is -2.66. The van der Waals surface area contributed by atoms with Crippen LogP contribution in [0.5, 0.6) is 5.75 Å². The molecule has 0 spiro atoms. The van der Waals surface area contributed by atoms with Crippen LogP contribution in [0.25, 0.3) is 17.2 Å². The zero-order valence-electron chi connectivity index (χ0n) is 18.8. The number of methoxy groups -OCH3 is 1. The minimum Gasteiger partial charge on any atom is -0.496 e. The first-order chi connectivity index (χ1) is 14.2. The number of rotatable bonds is 4. The average molecular weight is 406 g/mol. The van der Waals surface area contributed by atoms with Crippen molar-refractivity contribution < 1.29 is 9.47 Å². The Morgan fingerprint density at radius 3 is 2.37 bits per heavy atom. The van der Waals surface area contributed by atoms with E-state index in [9.17, 15) is 0 Å². The Balaban J connectivity index is 1.85. The second-order valence-electron chi connectivity index (χ2n) is 9.48. The van der Waals surface area contributed by atoms with E-state index in [1.54, 1.807) is 7.11 Å². The van der Waals surface area contributed by atoms with Crippen molar-refractivity contribution in [1.82, 2.24) is 14.5 Å². The van der Waals surface area contributed by atoms with Gasteiger partial charge in [-0.15, -0.1) is 0 Å². The molecule has 3 aromatic rings. The lowest BCUT2D eigenvalue weighted by Gasteiger charge is -2.45. The van der Waals surface area contributed by atoms with Crippen LogP contribution < -0.4 is 4.74 Å². The molecule has 0 radical (unpaired) electrons. The van der Waals surface area contributed by atoms with Crippen LogP contribution in [0.4, 0.5) is 0 Å². The summed E-state index contributed by atoms with van der Waals surface area (Å²) in [4.78, 5) is 9.79. The van der Waals surface area contributed by atoms with Gasteiger partial charge in [-0.25, -0.2) is 9.97 Å². The van der Waals surface area contributed by atoms with E-state index < -0.39 is 0 Å². The summed E-state index contributed by atoms with van der Waals surface area (Å²) in [6.45, 7) is 10.7. The fraction of sp³-hybridized carbons (Fsp3) is 0.440. The van der Waals surface area contributed by atoms with Crippen molar-refractivity contribution in [3.8, 4) is 23.0 Å². The first-order valence-electron chi connectivity index (χ1n) is 10.5. The first kappa shape index (κ1) is 20.6. The third-order valence-electron chi connectivity index (χ3n) is 5.66. The first-order valence-corrected chi connectivity index (χ1v) is 10.5. The molecule has 0 atom stereocenters. The van der Waals surface area contributed by atoms with Crippen molar-refractivity contribution in [2.45, 2.75) is 64.6 Å². The topological polar surface area (TPSA) is 49.2 Å². The summed E-state index contributed by atoms with van der Waals surface area (Å²) in [5.41, 5.74) is 2.78. The molecule has 0 bridgehead atoms. The van der Waals surface area contributed by atoms with Crippen molar-refractivity contribution in [3.63, 3.8) is 0 Å². The van der Waals surface area contributed by atoms with E-state index in [0.29, 0.717) is 5.92 Å². The summed E-state index contributed by atoms with van der Waals surface area (Å²) >= 11 is 0. The maximum Gasteiger partial charge on any atom is 0.149 e. The smallest absolute Gasteiger partial charge is 0.149 e. The van der Waals surface area contributed by atoms with Crippen LogP contribution in [-0.2, 0) is 4.74 Å². The summed E-state index contributed by atoms with van der Waals surface area (Å²) in [5, 5.41) is 0. The van der Waals surface area contributed by atoms with Gasteiger partial charge < -0.3 is 9.47 Å². The standard InChI is InChI=1S/C25H31N3O2/c1-17-11-12-22(26-15-17)28-16-20(18-13-24(2,3)30-25(4,5)14-18)27-23(28)19-9-7-8-10-21(19)29-6/h7-12,15-16,18H,13-14H2,1-6H3. The molecule has 1 aliphatic heterocycles. The van der Waals surface area contributed by atoms with Crippen LogP contribution in [0.1, 0.15) is 57.7 Å². The SMILES string of the molecule is COc1ccccc1-c1nc(C2CC(C)(C)OC(C)(C)C2)cn1-c1ccc(C)cn1. The van der Waals surface area contributed by atoms with Crippen molar-refractivity contribution in [3.05, 3.63) is 60.0 Å². The fourth-order valence-electron chi connectivity index (χ4n) is 4.69. The van der Waals surface area contributed by atoms with Gasteiger partial charge in [0.1, 0.15) is 17.4 Å². The lowest BCUT2D eigenvalue weighted by molar-refractivity contribution is -0.162. The number of para-hydroxylation sites is 1. The molecule has 3 heterocycles. The lowest BCUT2D eigenvalue weighted by atomic mass is 9.79. The maximum atomic E-state index is 6.30. The molecule has 0 amide bonds. The minimum atomic E-state index is -0.192. The quantitative estimate of drug-likeness (QED) is 0.558. The molecule has 158 valence electrons. The Bertz CT molecular complexity index is 1020. The summed E-state index contributed by atoms with van der Waals surface area (Å²) in [5.74, 6) is 2.81. The van der Waals surface area contributed by atoms with Crippen molar-refractivity contribution in [1.29, 1.82) is 0 Å². The van der Waals surface area contributed by atoms with E-state index in [4.69, 9.17) is 14.5 Å². The predicted molar refractivity (Wildman–Crippen MR) is 119 cm³/mol. The van der Waals surface area contributed by atoms with Crippen LogP contribution in [0.3, 0.4) is 0 Å². The second-order valence-corrected chi connectivity index (χ2v) is 9.48. The highest BCUT2D eigenvalue weighted by Crippen LogP contribution is 2.44. The van der Waals surface area contributed by atoms with Crippen LogP contribution in [0, 0.1) is 6.92 Å². The second kappa shape index (κ2) is 7.55. The van der Waals surface area contributed by atoms with Gasteiger partial charge in [0.2, 0.25) is 0 Å². The van der Waals surface area contributed by atoms with Crippen molar-refractivity contribution in [2.24, 2.45) is 0 Å². The molecule has 0 N–H and O–H groups in total. The van der Waals surface area contributed by atoms with Crippen molar-refractivity contribution in [2.75, 3.05) is 7.11 Å². The fourth-order valence-corrected chi connectivity index (χ4v) is 4.69.